The van der Waals surface area contributed by atoms with E-state index >= 15 is 0 Å². The van der Waals surface area contributed by atoms with Crippen molar-refractivity contribution in [2.45, 2.75) is 32.2 Å². The maximum atomic E-state index is 6.19. The molecule has 2 atom stereocenters. The summed E-state index contributed by atoms with van der Waals surface area (Å²) in [5.41, 5.74) is 6.19. The Kier molecular flexibility index (Phi) is 3.30. The molecule has 2 rings (SSSR count). The van der Waals surface area contributed by atoms with Crippen LogP contribution < -0.4 is 5.73 Å². The Bertz CT molecular complexity index is 306. The number of nitrogens with two attached hydrogens (primary N) is 1. The molecule has 0 bridgehead atoms. The Hall–Kier alpha value is 0.140. The lowest BCUT2D eigenvalue weighted by Gasteiger charge is -2.18. The van der Waals surface area contributed by atoms with Crippen molar-refractivity contribution in [2.24, 2.45) is 17.6 Å². The van der Waals surface area contributed by atoms with Crippen LogP contribution in [-0.4, -0.2) is 6.04 Å². The first-order valence-corrected chi connectivity index (χ1v) is 6.82. The molecule has 1 aromatic rings. The number of hydrogen-bond donors (Lipinski definition) is 1. The second kappa shape index (κ2) is 4.33. The largest absolute Gasteiger partial charge is 0.327 e. The minimum absolute atomic E-state index is 0.341. The van der Waals surface area contributed by atoms with Crippen LogP contribution in [0.5, 0.6) is 0 Å². The number of rotatable bonds is 4. The molecule has 2 unspecified atom stereocenters. The molecule has 1 saturated carbocycles. The second-order valence-corrected chi connectivity index (χ2v) is 6.21. The fraction of sp³-hybridized carbons (Fsp3) is 0.636. The van der Waals surface area contributed by atoms with Crippen molar-refractivity contribution in [2.75, 3.05) is 0 Å². The van der Waals surface area contributed by atoms with E-state index in [1.807, 2.05) is 0 Å². The molecule has 0 aromatic carbocycles. The summed E-state index contributed by atoms with van der Waals surface area (Å²) < 4.78 is 1.18. The molecule has 1 nitrogen and oxygen atoms in total. The SMILES string of the molecule is CC(C(N)Cc1cc(Br)cs1)C1CC1. The van der Waals surface area contributed by atoms with Crippen molar-refractivity contribution >= 4 is 27.3 Å². The fourth-order valence-electron chi connectivity index (χ4n) is 1.85. The first kappa shape index (κ1) is 10.7. The molecular weight excluding hydrogens is 258 g/mol. The molecule has 0 spiro atoms. The molecule has 2 N–H and O–H groups in total. The summed E-state index contributed by atoms with van der Waals surface area (Å²) in [4.78, 5) is 1.40. The van der Waals surface area contributed by atoms with Gasteiger partial charge in [0.05, 0.1) is 0 Å². The van der Waals surface area contributed by atoms with Crippen LogP contribution in [0.25, 0.3) is 0 Å². The van der Waals surface area contributed by atoms with Crippen molar-refractivity contribution in [3.63, 3.8) is 0 Å². The Morgan fingerprint density at radius 1 is 1.64 bits per heavy atom. The van der Waals surface area contributed by atoms with Gasteiger partial charge in [0.1, 0.15) is 0 Å². The zero-order chi connectivity index (χ0) is 10.1. The summed E-state index contributed by atoms with van der Waals surface area (Å²) in [7, 11) is 0. The predicted molar refractivity (Wildman–Crippen MR) is 65.6 cm³/mol. The van der Waals surface area contributed by atoms with Crippen LogP contribution in [0.4, 0.5) is 0 Å². The van der Waals surface area contributed by atoms with E-state index in [1.165, 1.54) is 22.2 Å². The van der Waals surface area contributed by atoms with Gasteiger partial charge in [-0.2, -0.15) is 0 Å². The Morgan fingerprint density at radius 2 is 2.36 bits per heavy atom. The molecule has 0 aliphatic heterocycles. The minimum atomic E-state index is 0.341. The predicted octanol–water partition coefficient (Wildman–Crippen LogP) is 3.43. The number of hydrogen-bond acceptors (Lipinski definition) is 2. The Balaban J connectivity index is 1.89. The van der Waals surface area contributed by atoms with Crippen molar-refractivity contribution in [1.82, 2.24) is 0 Å². The first-order chi connectivity index (χ1) is 6.66. The summed E-state index contributed by atoms with van der Waals surface area (Å²) in [6.07, 6.45) is 3.82. The van der Waals surface area contributed by atoms with Crippen molar-refractivity contribution in [3.8, 4) is 0 Å². The van der Waals surface area contributed by atoms with E-state index in [1.54, 1.807) is 11.3 Å². The Labute approximate surface area is 97.8 Å². The standard InChI is InChI=1S/C11H16BrNS/c1-7(8-2-3-8)11(13)5-10-4-9(12)6-14-10/h4,6-8,11H,2-3,5,13H2,1H3. The highest BCUT2D eigenvalue weighted by Crippen LogP contribution is 2.38. The molecule has 0 amide bonds. The van der Waals surface area contributed by atoms with Gasteiger partial charge in [0.2, 0.25) is 0 Å². The van der Waals surface area contributed by atoms with Gasteiger partial charge in [0.25, 0.3) is 0 Å². The molecular formula is C11H16BrNS. The average Bonchev–Trinajstić information content (AvgIpc) is 2.91. The lowest BCUT2D eigenvalue weighted by Crippen LogP contribution is -2.31. The Morgan fingerprint density at radius 3 is 2.86 bits per heavy atom. The highest BCUT2D eigenvalue weighted by molar-refractivity contribution is 9.10. The molecule has 1 fully saturated rings. The van der Waals surface area contributed by atoms with Crippen LogP contribution >= 0.6 is 27.3 Å². The number of halogens is 1. The molecule has 1 heterocycles. The molecule has 1 aliphatic carbocycles. The molecule has 78 valence electrons. The highest BCUT2D eigenvalue weighted by atomic mass is 79.9. The summed E-state index contributed by atoms with van der Waals surface area (Å²) in [5, 5.41) is 2.13. The monoisotopic (exact) mass is 273 g/mol. The maximum absolute atomic E-state index is 6.19. The molecule has 0 saturated heterocycles. The van der Waals surface area contributed by atoms with Crippen LogP contribution in [-0.2, 0) is 6.42 Å². The van der Waals surface area contributed by atoms with Crippen LogP contribution in [0, 0.1) is 11.8 Å². The van der Waals surface area contributed by atoms with Gasteiger partial charge in [-0.15, -0.1) is 11.3 Å². The van der Waals surface area contributed by atoms with E-state index in [9.17, 15) is 0 Å². The van der Waals surface area contributed by atoms with Gasteiger partial charge in [-0.05, 0) is 53.1 Å². The van der Waals surface area contributed by atoms with Gasteiger partial charge in [-0.1, -0.05) is 6.92 Å². The van der Waals surface area contributed by atoms with Crippen LogP contribution in [0.3, 0.4) is 0 Å². The van der Waals surface area contributed by atoms with E-state index in [-0.39, 0.29) is 0 Å². The van der Waals surface area contributed by atoms with Crippen LogP contribution in [0.1, 0.15) is 24.6 Å². The average molecular weight is 274 g/mol. The van der Waals surface area contributed by atoms with Gasteiger partial charge >= 0.3 is 0 Å². The van der Waals surface area contributed by atoms with E-state index in [2.05, 4.69) is 34.3 Å². The van der Waals surface area contributed by atoms with E-state index in [0.29, 0.717) is 12.0 Å². The molecule has 1 aromatic heterocycles. The fourth-order valence-corrected chi connectivity index (χ4v) is 3.37. The lowest BCUT2D eigenvalue weighted by atomic mass is 9.94. The third-order valence-corrected chi connectivity index (χ3v) is 4.82. The zero-order valence-corrected chi connectivity index (χ0v) is 10.8. The number of thiophene rings is 1. The molecule has 1 aliphatic rings. The summed E-state index contributed by atoms with van der Waals surface area (Å²) in [5.74, 6) is 1.60. The maximum Gasteiger partial charge on any atom is 0.0285 e. The quantitative estimate of drug-likeness (QED) is 0.894. The van der Waals surface area contributed by atoms with Gasteiger partial charge in [-0.3, -0.25) is 0 Å². The summed E-state index contributed by atoms with van der Waals surface area (Å²) in [6, 6.07) is 2.53. The zero-order valence-electron chi connectivity index (χ0n) is 8.37. The second-order valence-electron chi connectivity index (χ2n) is 4.30. The topological polar surface area (TPSA) is 26.0 Å². The smallest absolute Gasteiger partial charge is 0.0285 e. The summed E-state index contributed by atoms with van der Waals surface area (Å²) in [6.45, 7) is 2.30. The first-order valence-electron chi connectivity index (χ1n) is 5.15. The van der Waals surface area contributed by atoms with Gasteiger partial charge < -0.3 is 5.73 Å². The minimum Gasteiger partial charge on any atom is -0.327 e. The highest BCUT2D eigenvalue weighted by Gasteiger charge is 2.31. The van der Waals surface area contributed by atoms with Crippen LogP contribution in [0.2, 0.25) is 0 Å². The van der Waals surface area contributed by atoms with E-state index < -0.39 is 0 Å². The van der Waals surface area contributed by atoms with Gasteiger partial charge in [0.15, 0.2) is 0 Å². The normalized spacial score (nSPS) is 20.8. The molecule has 3 heteroatoms. The molecule has 0 radical (unpaired) electrons. The van der Waals surface area contributed by atoms with E-state index in [0.717, 1.165) is 12.3 Å². The van der Waals surface area contributed by atoms with Crippen molar-refractivity contribution in [3.05, 3.63) is 20.8 Å². The van der Waals surface area contributed by atoms with Crippen LogP contribution in [0.15, 0.2) is 15.9 Å². The van der Waals surface area contributed by atoms with Crippen molar-refractivity contribution in [1.29, 1.82) is 0 Å². The summed E-state index contributed by atoms with van der Waals surface area (Å²) >= 11 is 5.27. The molecule has 14 heavy (non-hydrogen) atoms. The van der Waals surface area contributed by atoms with Gasteiger partial charge in [0, 0.05) is 20.8 Å². The third-order valence-electron chi connectivity index (χ3n) is 3.10. The van der Waals surface area contributed by atoms with E-state index in [4.69, 9.17) is 5.73 Å². The third kappa shape index (κ3) is 2.59. The lowest BCUT2D eigenvalue weighted by molar-refractivity contribution is 0.406. The van der Waals surface area contributed by atoms with Crippen molar-refractivity contribution < 1.29 is 0 Å². The van der Waals surface area contributed by atoms with Gasteiger partial charge in [-0.25, -0.2) is 0 Å².